The summed E-state index contributed by atoms with van der Waals surface area (Å²) in [5, 5.41) is 4.70. The first-order valence-corrected chi connectivity index (χ1v) is 15.1. The molecule has 1 heterocycles. The quantitative estimate of drug-likeness (QED) is 0.130. The second kappa shape index (κ2) is 18.9. The van der Waals surface area contributed by atoms with Crippen molar-refractivity contribution in [3.63, 3.8) is 0 Å². The van der Waals surface area contributed by atoms with E-state index in [1.165, 1.54) is 43.4 Å². The van der Waals surface area contributed by atoms with Crippen molar-refractivity contribution in [2.75, 3.05) is 6.54 Å². The zero-order chi connectivity index (χ0) is 30.0. The number of nitrogens with one attached hydrogen (secondary N) is 2. The monoisotopic (exact) mass is 571 g/mol. The number of rotatable bonds is 18. The molecule has 0 bridgehead atoms. The minimum Gasteiger partial charge on any atom is -0.344 e. The fraction of sp³-hybridized carbons (Fsp3) is 0.774. The fourth-order valence-electron chi connectivity index (χ4n) is 4.76. The Morgan fingerprint density at radius 1 is 0.825 bits per heavy atom. The summed E-state index contributed by atoms with van der Waals surface area (Å²) in [6, 6.07) is -2.27. The lowest BCUT2D eigenvalue weighted by Crippen LogP contribution is -2.52. The van der Waals surface area contributed by atoms with Gasteiger partial charge in [0.15, 0.2) is 5.78 Å². The van der Waals surface area contributed by atoms with Gasteiger partial charge in [-0.2, -0.15) is 13.2 Å². The minimum absolute atomic E-state index is 0.0120. The van der Waals surface area contributed by atoms with Gasteiger partial charge in [0.2, 0.25) is 0 Å². The van der Waals surface area contributed by atoms with Gasteiger partial charge >= 0.3 is 18.1 Å². The van der Waals surface area contributed by atoms with Crippen LogP contribution in [0.15, 0.2) is 24.3 Å². The average Bonchev–Trinajstić information content (AvgIpc) is 3.28. The Bertz CT molecular complexity index is 819. The van der Waals surface area contributed by atoms with Crippen LogP contribution in [0.25, 0.3) is 0 Å². The van der Waals surface area contributed by atoms with E-state index in [0.717, 1.165) is 38.5 Å². The number of nitrogens with zero attached hydrogens (tertiary/aromatic N) is 1. The molecule has 0 aliphatic carbocycles. The van der Waals surface area contributed by atoms with Crippen LogP contribution >= 0.6 is 0 Å². The smallest absolute Gasteiger partial charge is 0.344 e. The highest BCUT2D eigenvalue weighted by atomic mass is 19.4. The lowest BCUT2D eigenvalue weighted by Gasteiger charge is -2.29. The second-order valence-corrected chi connectivity index (χ2v) is 11.9. The van der Waals surface area contributed by atoms with Gasteiger partial charge < -0.3 is 15.5 Å². The molecule has 1 rings (SSSR count). The highest BCUT2D eigenvalue weighted by Crippen LogP contribution is 2.24. The Labute approximate surface area is 239 Å². The average molecular weight is 572 g/mol. The summed E-state index contributed by atoms with van der Waals surface area (Å²) in [4.78, 5) is 38.4. The number of Topliss-reactive ketones (excluding diaryl/α,β-unsaturated/α-hetero) is 1. The lowest BCUT2D eigenvalue weighted by atomic mass is 10.0. The first-order chi connectivity index (χ1) is 18.8. The Balaban J connectivity index is 2.30. The maximum absolute atomic E-state index is 12.9. The van der Waals surface area contributed by atoms with Gasteiger partial charge in [-0.05, 0) is 65.7 Å². The zero-order valence-electron chi connectivity index (χ0n) is 25.1. The number of urea groups is 1. The molecule has 0 saturated carbocycles. The number of halogens is 3. The van der Waals surface area contributed by atoms with Crippen molar-refractivity contribution in [1.29, 1.82) is 0 Å². The lowest BCUT2D eigenvalue weighted by molar-refractivity contribution is -0.174. The van der Waals surface area contributed by atoms with Gasteiger partial charge in [-0.25, -0.2) is 4.79 Å². The fourth-order valence-corrected chi connectivity index (χ4v) is 4.76. The molecular formula is C31H52F3N3O3. The van der Waals surface area contributed by atoms with E-state index in [1.807, 2.05) is 5.32 Å². The van der Waals surface area contributed by atoms with Gasteiger partial charge in [0, 0.05) is 24.5 Å². The molecule has 0 aromatic carbocycles. The molecule has 2 N–H and O–H groups in total. The summed E-state index contributed by atoms with van der Waals surface area (Å²) in [6.07, 6.45) is 18.6. The van der Waals surface area contributed by atoms with Crippen molar-refractivity contribution in [3.8, 4) is 0 Å². The molecule has 9 heteroatoms. The van der Waals surface area contributed by atoms with E-state index in [2.05, 4.69) is 36.5 Å². The Morgan fingerprint density at radius 2 is 1.38 bits per heavy atom. The number of allylic oxidation sites excluding steroid dienone is 4. The highest BCUT2D eigenvalue weighted by Gasteiger charge is 2.44. The van der Waals surface area contributed by atoms with Crippen LogP contribution in [-0.2, 0) is 9.59 Å². The number of hydrogen-bond acceptors (Lipinski definition) is 3. The molecule has 0 aromatic rings. The van der Waals surface area contributed by atoms with E-state index in [-0.39, 0.29) is 25.2 Å². The number of likely N-dealkylation sites (tertiary alicyclic amines) is 1. The van der Waals surface area contributed by atoms with Gasteiger partial charge in [-0.1, -0.05) is 76.2 Å². The van der Waals surface area contributed by atoms with Crippen LogP contribution in [0.1, 0.15) is 124 Å². The van der Waals surface area contributed by atoms with Gasteiger partial charge in [0.1, 0.15) is 0 Å². The van der Waals surface area contributed by atoms with Crippen LogP contribution in [-0.4, -0.2) is 53.0 Å². The first-order valence-electron chi connectivity index (χ1n) is 15.1. The predicted octanol–water partition coefficient (Wildman–Crippen LogP) is 7.78. The van der Waals surface area contributed by atoms with E-state index in [0.29, 0.717) is 6.42 Å². The first kappa shape index (κ1) is 35.7. The Morgan fingerprint density at radius 3 is 1.93 bits per heavy atom. The SMILES string of the molecule is CCCCC/C=C\C/C=C\CCCCCCCCCC(=O)[C@@H]1C[C@H](NC(=O)C(F)(F)F)CN1C(=O)NC(C)(C)C. The number of hydrogen-bond donors (Lipinski definition) is 2. The third-order valence-corrected chi connectivity index (χ3v) is 6.88. The molecule has 1 fully saturated rings. The van der Waals surface area contributed by atoms with Crippen molar-refractivity contribution in [2.45, 2.75) is 148 Å². The number of amides is 3. The minimum atomic E-state index is -5.01. The topological polar surface area (TPSA) is 78.5 Å². The molecule has 1 aliphatic rings. The van der Waals surface area contributed by atoms with E-state index < -0.39 is 35.7 Å². The molecule has 1 saturated heterocycles. The normalized spacial score (nSPS) is 18.1. The third-order valence-electron chi connectivity index (χ3n) is 6.88. The van der Waals surface area contributed by atoms with Crippen LogP contribution < -0.4 is 10.6 Å². The van der Waals surface area contributed by atoms with Crippen molar-refractivity contribution in [2.24, 2.45) is 0 Å². The predicted molar refractivity (Wildman–Crippen MR) is 155 cm³/mol. The third kappa shape index (κ3) is 16.1. The van der Waals surface area contributed by atoms with Crippen molar-refractivity contribution in [3.05, 3.63) is 24.3 Å². The van der Waals surface area contributed by atoms with E-state index in [4.69, 9.17) is 0 Å². The van der Waals surface area contributed by atoms with Crippen LogP contribution in [0, 0.1) is 0 Å². The maximum Gasteiger partial charge on any atom is 0.471 e. The summed E-state index contributed by atoms with van der Waals surface area (Å²) in [5.74, 6) is -2.22. The van der Waals surface area contributed by atoms with E-state index in [9.17, 15) is 27.6 Å². The Kier molecular flexibility index (Phi) is 16.9. The van der Waals surface area contributed by atoms with Crippen molar-refractivity contribution >= 4 is 17.7 Å². The Hall–Kier alpha value is -2.32. The summed E-state index contributed by atoms with van der Waals surface area (Å²) >= 11 is 0. The number of carbonyl (C=O) groups excluding carboxylic acids is 3. The van der Waals surface area contributed by atoms with Crippen molar-refractivity contribution < 1.29 is 27.6 Å². The van der Waals surface area contributed by atoms with Gasteiger partial charge in [0.05, 0.1) is 6.04 Å². The van der Waals surface area contributed by atoms with Crippen LogP contribution in [0.2, 0.25) is 0 Å². The molecule has 230 valence electrons. The number of alkyl halides is 3. The summed E-state index contributed by atoms with van der Waals surface area (Å²) in [6.45, 7) is 7.43. The highest BCUT2D eigenvalue weighted by molar-refractivity contribution is 5.90. The number of ketones is 1. The molecule has 0 aromatic heterocycles. The van der Waals surface area contributed by atoms with Crippen molar-refractivity contribution in [1.82, 2.24) is 15.5 Å². The molecule has 6 nitrogen and oxygen atoms in total. The van der Waals surface area contributed by atoms with Gasteiger partial charge in [-0.15, -0.1) is 0 Å². The zero-order valence-corrected chi connectivity index (χ0v) is 25.1. The molecule has 1 aliphatic heterocycles. The molecule has 40 heavy (non-hydrogen) atoms. The molecule has 2 atom stereocenters. The molecular weight excluding hydrogens is 519 g/mol. The molecule has 3 amide bonds. The summed E-state index contributed by atoms with van der Waals surface area (Å²) < 4.78 is 38.1. The molecule has 0 spiro atoms. The second-order valence-electron chi connectivity index (χ2n) is 11.9. The van der Waals surface area contributed by atoms with Gasteiger partial charge in [0.25, 0.3) is 0 Å². The standard InChI is InChI=1S/C31H52F3N3O3/c1-5-6-7-8-9-10-11-12-13-14-15-16-17-18-19-20-21-22-27(38)26-23-25(35-28(39)31(32,33)34)24-37(26)29(40)36-30(2,3)4/h9-10,12-13,25-26H,5-8,11,14-24H2,1-4H3,(H,35,39)(H,36,40)/b10-9-,13-12-/t25-,26-/m0/s1. The van der Waals surface area contributed by atoms with E-state index in [1.54, 1.807) is 20.8 Å². The van der Waals surface area contributed by atoms with Crippen LogP contribution in [0.4, 0.5) is 18.0 Å². The number of carbonyl (C=O) groups is 3. The summed E-state index contributed by atoms with van der Waals surface area (Å²) in [5.41, 5.74) is -0.570. The van der Waals surface area contributed by atoms with Gasteiger partial charge in [-0.3, -0.25) is 9.59 Å². The maximum atomic E-state index is 12.9. The van der Waals surface area contributed by atoms with Crippen LogP contribution in [0.3, 0.4) is 0 Å². The largest absolute Gasteiger partial charge is 0.471 e. The molecule has 0 unspecified atom stereocenters. The number of unbranched alkanes of at least 4 members (excludes halogenated alkanes) is 10. The summed E-state index contributed by atoms with van der Waals surface area (Å²) in [7, 11) is 0. The van der Waals surface area contributed by atoms with Crippen LogP contribution in [0.5, 0.6) is 0 Å². The van der Waals surface area contributed by atoms with E-state index >= 15 is 0 Å². The molecule has 0 radical (unpaired) electrons.